The van der Waals surface area contributed by atoms with Crippen molar-refractivity contribution >= 4 is 0 Å². The summed E-state index contributed by atoms with van der Waals surface area (Å²) in [4.78, 5) is 1.52. The first-order chi connectivity index (χ1) is 11.5. The molecule has 0 unspecified atom stereocenters. The Hall–Kier alpha value is -1.10. The first-order valence-electron chi connectivity index (χ1n) is 9.28. The highest BCUT2D eigenvalue weighted by molar-refractivity contribution is 5.33. The van der Waals surface area contributed by atoms with Crippen LogP contribution < -0.4 is 9.64 Å². The number of rotatable bonds is 8. The fourth-order valence-electron chi connectivity index (χ4n) is 3.56. The van der Waals surface area contributed by atoms with Gasteiger partial charge in [-0.15, -0.1) is 0 Å². The second-order valence-corrected chi connectivity index (χ2v) is 7.34. The predicted octanol–water partition coefficient (Wildman–Crippen LogP) is 1.91. The van der Waals surface area contributed by atoms with Crippen molar-refractivity contribution in [1.82, 2.24) is 0 Å². The van der Waals surface area contributed by atoms with E-state index in [4.69, 9.17) is 9.47 Å². The molecule has 0 radical (unpaired) electrons. The Bertz CT molecular complexity index is 496. The Morgan fingerprint density at radius 3 is 2.50 bits per heavy atom. The van der Waals surface area contributed by atoms with E-state index in [9.17, 15) is 5.11 Å². The summed E-state index contributed by atoms with van der Waals surface area (Å²) in [6, 6.07) is 7.37. The van der Waals surface area contributed by atoms with Crippen LogP contribution in [0, 0.1) is 13.8 Å². The molecule has 1 heterocycles. The van der Waals surface area contributed by atoms with Crippen molar-refractivity contribution in [3.63, 3.8) is 0 Å². The number of aryl methyl sites for hydroxylation is 2. The minimum absolute atomic E-state index is 0.388. The summed E-state index contributed by atoms with van der Waals surface area (Å²) in [5, 5.41) is 10.2. The number of aliphatic hydroxyl groups is 1. The topological polar surface area (TPSA) is 43.1 Å². The zero-order valence-electron chi connectivity index (χ0n) is 15.7. The van der Waals surface area contributed by atoms with Crippen molar-refractivity contribution < 1.29 is 19.5 Å². The van der Waals surface area contributed by atoms with Crippen LogP contribution in [0.2, 0.25) is 0 Å². The molecule has 2 N–H and O–H groups in total. The van der Waals surface area contributed by atoms with Crippen molar-refractivity contribution in [2.75, 3.05) is 26.4 Å². The average Bonchev–Trinajstić information content (AvgIpc) is 2.54. The molecule has 0 saturated carbocycles. The fourth-order valence-corrected chi connectivity index (χ4v) is 3.56. The third-order valence-electron chi connectivity index (χ3n) is 5.30. The largest absolute Gasteiger partial charge is 0.491 e. The Kier molecular flexibility index (Phi) is 7.53. The first kappa shape index (κ1) is 19.2. The molecule has 0 bridgehead atoms. The van der Waals surface area contributed by atoms with Crippen LogP contribution in [0.3, 0.4) is 0 Å². The first-order valence-corrected chi connectivity index (χ1v) is 9.28. The quantitative estimate of drug-likeness (QED) is 0.713. The third kappa shape index (κ3) is 5.76. The number of nitrogens with one attached hydrogen (secondary N) is 1. The van der Waals surface area contributed by atoms with Gasteiger partial charge < -0.3 is 19.5 Å². The van der Waals surface area contributed by atoms with Crippen LogP contribution in [0.25, 0.3) is 0 Å². The van der Waals surface area contributed by atoms with Gasteiger partial charge in [-0.25, -0.2) is 0 Å². The number of piperidine rings is 1. The summed E-state index contributed by atoms with van der Waals surface area (Å²) in [5.74, 6) is 0.877. The Morgan fingerprint density at radius 2 is 1.83 bits per heavy atom. The summed E-state index contributed by atoms with van der Waals surface area (Å²) in [7, 11) is 0. The number of hydrogen-bond donors (Lipinski definition) is 2. The van der Waals surface area contributed by atoms with Crippen molar-refractivity contribution in [2.24, 2.45) is 0 Å². The maximum Gasteiger partial charge on any atom is 0.126 e. The Balaban J connectivity index is 1.62. The maximum absolute atomic E-state index is 10.2. The second kappa shape index (κ2) is 9.40. The van der Waals surface area contributed by atoms with Gasteiger partial charge in [-0.3, -0.25) is 0 Å². The third-order valence-corrected chi connectivity index (χ3v) is 5.30. The molecule has 1 aliphatic rings. The molecule has 24 heavy (non-hydrogen) atoms. The van der Waals surface area contributed by atoms with E-state index in [2.05, 4.69) is 33.8 Å². The van der Waals surface area contributed by atoms with Gasteiger partial charge in [-0.1, -0.05) is 6.07 Å². The molecule has 1 aliphatic heterocycles. The zero-order chi connectivity index (χ0) is 17.5. The molecule has 1 fully saturated rings. The van der Waals surface area contributed by atoms with E-state index in [-0.39, 0.29) is 0 Å². The van der Waals surface area contributed by atoms with E-state index in [1.54, 1.807) is 0 Å². The lowest BCUT2D eigenvalue weighted by molar-refractivity contribution is -0.954. The van der Waals surface area contributed by atoms with E-state index in [1.807, 2.05) is 12.1 Å². The Labute approximate surface area is 146 Å². The number of hydrogen-bond acceptors (Lipinski definition) is 3. The van der Waals surface area contributed by atoms with Gasteiger partial charge in [0.05, 0.1) is 25.3 Å². The highest BCUT2D eigenvalue weighted by Crippen LogP contribution is 2.16. The van der Waals surface area contributed by atoms with Crippen LogP contribution in [0.4, 0.5) is 0 Å². The van der Waals surface area contributed by atoms with E-state index < -0.39 is 6.10 Å². The van der Waals surface area contributed by atoms with Crippen LogP contribution in [-0.4, -0.2) is 49.7 Å². The average molecular weight is 336 g/mol. The molecule has 3 atom stereocenters. The van der Waals surface area contributed by atoms with Gasteiger partial charge in [0.2, 0.25) is 0 Å². The second-order valence-electron chi connectivity index (χ2n) is 7.34. The summed E-state index contributed by atoms with van der Waals surface area (Å²) in [6.45, 7) is 10.9. The fraction of sp³-hybridized carbons (Fsp3) is 0.700. The van der Waals surface area contributed by atoms with E-state index in [0.717, 1.165) is 12.3 Å². The molecule has 136 valence electrons. The molecule has 0 amide bonds. The van der Waals surface area contributed by atoms with Crippen molar-refractivity contribution in [2.45, 2.75) is 65.1 Å². The summed E-state index contributed by atoms with van der Waals surface area (Å²) in [5.41, 5.74) is 2.50. The lowest BCUT2D eigenvalue weighted by atomic mass is 9.97. The molecule has 1 aromatic rings. The van der Waals surface area contributed by atoms with Gasteiger partial charge in [0.15, 0.2) is 0 Å². The summed E-state index contributed by atoms with van der Waals surface area (Å²) in [6.07, 6.45) is 3.44. The lowest BCUT2D eigenvalue weighted by Crippen LogP contribution is -3.20. The van der Waals surface area contributed by atoms with Crippen LogP contribution in [0.15, 0.2) is 18.2 Å². The van der Waals surface area contributed by atoms with Crippen LogP contribution in [-0.2, 0) is 4.74 Å². The highest BCUT2D eigenvalue weighted by atomic mass is 16.5. The summed E-state index contributed by atoms with van der Waals surface area (Å²) >= 11 is 0. The predicted molar refractivity (Wildman–Crippen MR) is 96.8 cm³/mol. The Morgan fingerprint density at radius 1 is 1.12 bits per heavy atom. The van der Waals surface area contributed by atoms with Gasteiger partial charge in [0.1, 0.15) is 25.0 Å². The van der Waals surface area contributed by atoms with E-state index in [1.165, 1.54) is 35.3 Å². The van der Waals surface area contributed by atoms with E-state index in [0.29, 0.717) is 31.9 Å². The maximum atomic E-state index is 10.2. The molecular weight excluding hydrogens is 302 g/mol. The minimum atomic E-state index is -0.399. The van der Waals surface area contributed by atoms with Crippen LogP contribution >= 0.6 is 0 Å². The van der Waals surface area contributed by atoms with Crippen LogP contribution in [0.1, 0.15) is 44.2 Å². The molecular formula is C20H34NO3+. The van der Waals surface area contributed by atoms with Crippen LogP contribution in [0.5, 0.6) is 5.75 Å². The highest BCUT2D eigenvalue weighted by Gasteiger charge is 2.30. The summed E-state index contributed by atoms with van der Waals surface area (Å²) < 4.78 is 11.3. The van der Waals surface area contributed by atoms with Crippen molar-refractivity contribution in [3.05, 3.63) is 29.3 Å². The molecule has 0 spiro atoms. The number of ether oxygens (including phenoxy) is 2. The van der Waals surface area contributed by atoms with Gasteiger partial charge in [0, 0.05) is 0 Å². The number of quaternary nitrogens is 1. The smallest absolute Gasteiger partial charge is 0.126 e. The molecule has 4 nitrogen and oxygen atoms in total. The zero-order valence-corrected chi connectivity index (χ0v) is 15.7. The minimum Gasteiger partial charge on any atom is -0.491 e. The molecule has 1 aromatic carbocycles. The van der Waals surface area contributed by atoms with Gasteiger partial charge >= 0.3 is 0 Å². The van der Waals surface area contributed by atoms with Gasteiger partial charge in [-0.2, -0.15) is 0 Å². The normalized spacial score (nSPS) is 23.2. The SMILES string of the molecule is Cc1ccc(OCCOC[C@@H](O)C[NH+]2[C@@H](C)CCC[C@@H]2C)cc1C. The molecule has 1 saturated heterocycles. The molecule has 0 aliphatic carbocycles. The molecule has 2 rings (SSSR count). The van der Waals surface area contributed by atoms with Gasteiger partial charge in [-0.05, 0) is 70.2 Å². The molecule has 4 heteroatoms. The number of likely N-dealkylation sites (tertiary alicyclic amines) is 1. The lowest BCUT2D eigenvalue weighted by Gasteiger charge is -2.36. The van der Waals surface area contributed by atoms with E-state index >= 15 is 0 Å². The molecule has 0 aromatic heterocycles. The standard InChI is InChI=1S/C20H33NO3/c1-15-8-9-20(12-16(15)2)24-11-10-23-14-19(22)13-21-17(3)6-5-7-18(21)4/h8-9,12,17-19,22H,5-7,10-11,13-14H2,1-4H3/p+1/t17-,18-,19-/m0/s1. The van der Waals surface area contributed by atoms with Crippen molar-refractivity contribution in [3.8, 4) is 5.75 Å². The monoisotopic (exact) mass is 336 g/mol. The van der Waals surface area contributed by atoms with Crippen molar-refractivity contribution in [1.29, 1.82) is 0 Å². The number of aliphatic hydroxyl groups excluding tert-OH is 1. The van der Waals surface area contributed by atoms with Gasteiger partial charge in [0.25, 0.3) is 0 Å². The number of benzene rings is 1.